The highest BCUT2D eigenvalue weighted by molar-refractivity contribution is 6.01. The van der Waals surface area contributed by atoms with Crippen LogP contribution in [0.15, 0.2) is 18.2 Å². The van der Waals surface area contributed by atoms with Gasteiger partial charge in [0, 0.05) is 13.2 Å². The molecule has 1 unspecified atom stereocenters. The van der Waals surface area contributed by atoms with Gasteiger partial charge in [-0.05, 0) is 25.0 Å². The number of carbonyl (C=O) groups is 2. The van der Waals surface area contributed by atoms with Crippen LogP contribution in [0.5, 0.6) is 11.5 Å². The lowest BCUT2D eigenvalue weighted by Gasteiger charge is -2.14. The van der Waals surface area contributed by atoms with Crippen molar-refractivity contribution < 1.29 is 23.8 Å². The second-order valence-corrected chi connectivity index (χ2v) is 5.16. The maximum Gasteiger partial charge on any atom is 0.259 e. The zero-order valence-electron chi connectivity index (χ0n) is 13.4. The summed E-state index contributed by atoms with van der Waals surface area (Å²) in [6.45, 7) is 1.09. The summed E-state index contributed by atoms with van der Waals surface area (Å²) in [7, 11) is 2.94. The van der Waals surface area contributed by atoms with Crippen LogP contribution in [0, 0.1) is 0 Å². The highest BCUT2D eigenvalue weighted by Gasteiger charge is 2.19. The monoisotopic (exact) mass is 322 g/mol. The van der Waals surface area contributed by atoms with E-state index in [-0.39, 0.29) is 24.1 Å². The first kappa shape index (κ1) is 17.1. The molecule has 1 saturated heterocycles. The molecule has 1 aliphatic heterocycles. The molecule has 1 heterocycles. The highest BCUT2D eigenvalue weighted by atomic mass is 16.5. The van der Waals surface area contributed by atoms with Gasteiger partial charge in [-0.3, -0.25) is 9.59 Å². The van der Waals surface area contributed by atoms with Crippen LogP contribution in [0.1, 0.15) is 23.2 Å². The third kappa shape index (κ3) is 4.59. The molecule has 1 aromatic carbocycles. The number of hydrogen-bond acceptors (Lipinski definition) is 5. The Bertz CT molecular complexity index is 533. The minimum Gasteiger partial charge on any atom is -0.496 e. The van der Waals surface area contributed by atoms with Gasteiger partial charge in [-0.15, -0.1) is 0 Å². The van der Waals surface area contributed by atoms with E-state index in [2.05, 4.69) is 10.6 Å². The van der Waals surface area contributed by atoms with Gasteiger partial charge in [0.15, 0.2) is 0 Å². The van der Waals surface area contributed by atoms with E-state index in [9.17, 15) is 9.59 Å². The zero-order valence-corrected chi connectivity index (χ0v) is 13.4. The summed E-state index contributed by atoms with van der Waals surface area (Å²) in [5.74, 6) is 0.0949. The van der Waals surface area contributed by atoms with E-state index in [0.29, 0.717) is 18.0 Å². The SMILES string of the molecule is COc1cccc(OC)c1C(=O)NCC(=O)NCC1CCCO1. The number of hydrogen-bond donors (Lipinski definition) is 2. The average molecular weight is 322 g/mol. The minimum absolute atomic E-state index is 0.0731. The van der Waals surface area contributed by atoms with Gasteiger partial charge in [-0.1, -0.05) is 6.07 Å². The standard InChI is InChI=1S/C16H22N2O5/c1-21-12-6-3-7-13(22-2)15(12)16(20)18-10-14(19)17-9-11-5-4-8-23-11/h3,6-7,11H,4-5,8-10H2,1-2H3,(H,17,19)(H,18,20). The van der Waals surface area contributed by atoms with Crippen LogP contribution in [0.2, 0.25) is 0 Å². The molecular formula is C16H22N2O5. The van der Waals surface area contributed by atoms with E-state index in [4.69, 9.17) is 14.2 Å². The molecule has 23 heavy (non-hydrogen) atoms. The number of rotatable bonds is 7. The second-order valence-electron chi connectivity index (χ2n) is 5.16. The maximum atomic E-state index is 12.3. The van der Waals surface area contributed by atoms with Crippen molar-refractivity contribution in [3.8, 4) is 11.5 Å². The predicted octanol–water partition coefficient (Wildman–Crippen LogP) is 0.729. The number of benzene rings is 1. The lowest BCUT2D eigenvalue weighted by molar-refractivity contribution is -0.120. The fourth-order valence-electron chi connectivity index (χ4n) is 2.42. The molecular weight excluding hydrogens is 300 g/mol. The smallest absolute Gasteiger partial charge is 0.259 e. The Morgan fingerprint density at radius 2 is 1.91 bits per heavy atom. The van der Waals surface area contributed by atoms with Crippen LogP contribution in [0.3, 0.4) is 0 Å². The molecule has 126 valence electrons. The van der Waals surface area contributed by atoms with E-state index < -0.39 is 5.91 Å². The van der Waals surface area contributed by atoms with Gasteiger partial charge in [-0.25, -0.2) is 0 Å². The summed E-state index contributed by atoms with van der Waals surface area (Å²) in [4.78, 5) is 24.1. The highest BCUT2D eigenvalue weighted by Crippen LogP contribution is 2.27. The van der Waals surface area contributed by atoms with Gasteiger partial charge in [0.25, 0.3) is 5.91 Å². The van der Waals surface area contributed by atoms with Crippen LogP contribution >= 0.6 is 0 Å². The molecule has 0 saturated carbocycles. The van der Waals surface area contributed by atoms with E-state index in [0.717, 1.165) is 19.4 Å². The molecule has 1 fully saturated rings. The van der Waals surface area contributed by atoms with E-state index in [1.54, 1.807) is 18.2 Å². The molecule has 0 aliphatic carbocycles. The molecule has 0 radical (unpaired) electrons. The van der Waals surface area contributed by atoms with Crippen molar-refractivity contribution in [1.82, 2.24) is 10.6 Å². The Morgan fingerprint density at radius 3 is 2.48 bits per heavy atom. The molecule has 7 nitrogen and oxygen atoms in total. The largest absolute Gasteiger partial charge is 0.496 e. The number of ether oxygens (including phenoxy) is 3. The fourth-order valence-corrected chi connectivity index (χ4v) is 2.42. The van der Waals surface area contributed by atoms with Crippen molar-refractivity contribution in [2.45, 2.75) is 18.9 Å². The Labute approximate surface area is 135 Å². The van der Waals surface area contributed by atoms with Gasteiger partial charge in [0.05, 0.1) is 26.9 Å². The molecule has 2 N–H and O–H groups in total. The first-order valence-electron chi connectivity index (χ1n) is 7.53. The summed E-state index contributed by atoms with van der Waals surface area (Å²) in [6, 6.07) is 5.05. The lowest BCUT2D eigenvalue weighted by Crippen LogP contribution is -2.40. The Kier molecular flexibility index (Phi) is 6.22. The Balaban J connectivity index is 1.87. The van der Waals surface area contributed by atoms with Gasteiger partial charge in [0.1, 0.15) is 17.1 Å². The fraction of sp³-hybridized carbons (Fsp3) is 0.500. The Morgan fingerprint density at radius 1 is 1.22 bits per heavy atom. The first-order chi connectivity index (χ1) is 11.2. The van der Waals surface area contributed by atoms with Crippen LogP contribution in [-0.2, 0) is 9.53 Å². The van der Waals surface area contributed by atoms with Crippen LogP contribution in [-0.4, -0.2) is 51.8 Å². The normalized spacial score (nSPS) is 16.7. The van der Waals surface area contributed by atoms with Crippen molar-refractivity contribution in [2.24, 2.45) is 0 Å². The minimum atomic E-state index is -0.424. The molecule has 1 aliphatic rings. The first-order valence-corrected chi connectivity index (χ1v) is 7.53. The topological polar surface area (TPSA) is 85.9 Å². The summed E-state index contributed by atoms with van der Waals surface area (Å²) >= 11 is 0. The third-order valence-electron chi connectivity index (χ3n) is 3.62. The average Bonchev–Trinajstić information content (AvgIpc) is 3.10. The van der Waals surface area contributed by atoms with Crippen LogP contribution in [0.25, 0.3) is 0 Å². The van der Waals surface area contributed by atoms with E-state index in [1.807, 2.05) is 0 Å². The van der Waals surface area contributed by atoms with Crippen molar-refractivity contribution in [3.05, 3.63) is 23.8 Å². The van der Waals surface area contributed by atoms with Crippen molar-refractivity contribution >= 4 is 11.8 Å². The molecule has 0 bridgehead atoms. The maximum absolute atomic E-state index is 12.3. The number of nitrogens with one attached hydrogen (secondary N) is 2. The third-order valence-corrected chi connectivity index (χ3v) is 3.62. The molecule has 0 aromatic heterocycles. The quantitative estimate of drug-likeness (QED) is 0.773. The summed E-state index contributed by atoms with van der Waals surface area (Å²) in [5.41, 5.74) is 0.268. The lowest BCUT2D eigenvalue weighted by atomic mass is 10.1. The number of amides is 2. The van der Waals surface area contributed by atoms with Gasteiger partial charge >= 0.3 is 0 Å². The molecule has 2 rings (SSSR count). The van der Waals surface area contributed by atoms with Gasteiger partial charge in [0.2, 0.25) is 5.91 Å². The van der Waals surface area contributed by atoms with Crippen molar-refractivity contribution in [1.29, 1.82) is 0 Å². The molecule has 1 aromatic rings. The van der Waals surface area contributed by atoms with Gasteiger partial charge in [-0.2, -0.15) is 0 Å². The van der Waals surface area contributed by atoms with Crippen molar-refractivity contribution in [3.63, 3.8) is 0 Å². The van der Waals surface area contributed by atoms with Crippen molar-refractivity contribution in [2.75, 3.05) is 33.9 Å². The van der Waals surface area contributed by atoms with E-state index >= 15 is 0 Å². The second kappa shape index (κ2) is 8.38. The molecule has 2 amide bonds. The number of methoxy groups -OCH3 is 2. The zero-order chi connectivity index (χ0) is 16.7. The van der Waals surface area contributed by atoms with Crippen LogP contribution < -0.4 is 20.1 Å². The summed E-state index contributed by atoms with van der Waals surface area (Å²) < 4.78 is 15.8. The van der Waals surface area contributed by atoms with Crippen LogP contribution in [0.4, 0.5) is 0 Å². The Hall–Kier alpha value is -2.28. The molecule has 1 atom stereocenters. The summed E-state index contributed by atoms with van der Waals surface area (Å²) in [6.07, 6.45) is 2.04. The van der Waals surface area contributed by atoms with E-state index in [1.165, 1.54) is 14.2 Å². The molecule has 7 heteroatoms. The summed E-state index contributed by atoms with van der Waals surface area (Å²) in [5, 5.41) is 5.32. The van der Waals surface area contributed by atoms with Gasteiger partial charge < -0.3 is 24.8 Å². The predicted molar refractivity (Wildman–Crippen MR) is 83.9 cm³/mol. The molecule has 0 spiro atoms. The number of carbonyl (C=O) groups excluding carboxylic acids is 2.